The van der Waals surface area contributed by atoms with Crippen LogP contribution in [0.2, 0.25) is 0 Å². The van der Waals surface area contributed by atoms with Gasteiger partial charge in [0.05, 0.1) is 11.9 Å². The van der Waals surface area contributed by atoms with E-state index in [9.17, 15) is 0 Å². The van der Waals surface area contributed by atoms with Gasteiger partial charge in [-0.1, -0.05) is 12.1 Å². The van der Waals surface area contributed by atoms with Crippen molar-refractivity contribution in [2.24, 2.45) is 0 Å². The number of nitrogens with zero attached hydrogens (tertiary/aromatic N) is 3. The Hall–Kier alpha value is -2.79. The van der Waals surface area contributed by atoms with Crippen molar-refractivity contribution in [3.05, 3.63) is 71.4 Å². The van der Waals surface area contributed by atoms with Gasteiger partial charge in [0.25, 0.3) is 0 Å². The van der Waals surface area contributed by atoms with Gasteiger partial charge in [0.2, 0.25) is 0 Å². The molecule has 0 saturated heterocycles. The van der Waals surface area contributed by atoms with Crippen molar-refractivity contribution < 1.29 is 4.74 Å². The number of hydrogen-bond acceptors (Lipinski definition) is 5. The van der Waals surface area contributed by atoms with Crippen LogP contribution >= 0.6 is 0 Å². The third kappa shape index (κ3) is 3.73. The maximum atomic E-state index is 6.02. The van der Waals surface area contributed by atoms with Gasteiger partial charge in [-0.2, -0.15) is 0 Å². The second-order valence-electron chi connectivity index (χ2n) is 6.52. The molecule has 0 atom stereocenters. The molecule has 4 rings (SSSR count). The van der Waals surface area contributed by atoms with E-state index >= 15 is 0 Å². The third-order valence-corrected chi connectivity index (χ3v) is 4.61. The lowest BCUT2D eigenvalue weighted by molar-refractivity contribution is 0.301. The summed E-state index contributed by atoms with van der Waals surface area (Å²) in [5, 5.41) is 3.46. The third-order valence-electron chi connectivity index (χ3n) is 4.61. The van der Waals surface area contributed by atoms with Crippen LogP contribution in [-0.2, 0) is 19.4 Å². The quantitative estimate of drug-likeness (QED) is 0.786. The average Bonchev–Trinajstić information content (AvgIpc) is 2.92. The molecule has 132 valence electrons. The van der Waals surface area contributed by atoms with E-state index in [1.54, 1.807) is 18.6 Å². The highest BCUT2D eigenvalue weighted by Gasteiger charge is 2.13. The highest BCUT2D eigenvalue weighted by atomic mass is 16.5. The molecule has 0 spiro atoms. The largest absolute Gasteiger partial charge is 0.485 e. The number of aromatic nitrogens is 3. The van der Waals surface area contributed by atoms with E-state index in [1.807, 2.05) is 19.1 Å². The molecular weight excluding hydrogens is 324 g/mol. The molecule has 0 fully saturated rings. The lowest BCUT2D eigenvalue weighted by Crippen LogP contribution is -2.16. The number of pyridine rings is 1. The summed E-state index contributed by atoms with van der Waals surface area (Å²) >= 11 is 0. The van der Waals surface area contributed by atoms with Crippen LogP contribution in [0.15, 0.2) is 48.9 Å². The van der Waals surface area contributed by atoms with Crippen molar-refractivity contribution >= 4 is 0 Å². The molecule has 1 N–H and O–H groups in total. The minimum absolute atomic E-state index is 0.375. The molecule has 0 saturated carbocycles. The molecule has 3 heterocycles. The normalized spacial score (nSPS) is 13.7. The van der Waals surface area contributed by atoms with Gasteiger partial charge in [0.15, 0.2) is 0 Å². The lowest BCUT2D eigenvalue weighted by Gasteiger charge is -2.13. The first-order chi connectivity index (χ1) is 12.8. The maximum absolute atomic E-state index is 6.02. The Kier molecular flexibility index (Phi) is 4.88. The van der Waals surface area contributed by atoms with Crippen LogP contribution < -0.4 is 10.1 Å². The zero-order valence-corrected chi connectivity index (χ0v) is 14.9. The number of nitrogens with one attached hydrogen (secondary N) is 1. The van der Waals surface area contributed by atoms with Crippen molar-refractivity contribution in [2.75, 3.05) is 13.1 Å². The average molecular weight is 346 g/mol. The Labute approximate surface area is 153 Å². The van der Waals surface area contributed by atoms with Gasteiger partial charge >= 0.3 is 0 Å². The Morgan fingerprint density at radius 3 is 2.77 bits per heavy atom. The van der Waals surface area contributed by atoms with Crippen LogP contribution in [0.5, 0.6) is 5.75 Å². The molecule has 1 aromatic carbocycles. The number of fused-ring (bicyclic) bond motifs is 1. The summed E-state index contributed by atoms with van der Waals surface area (Å²) in [5.74, 6) is 0.771. The summed E-state index contributed by atoms with van der Waals surface area (Å²) < 4.78 is 6.02. The van der Waals surface area contributed by atoms with E-state index < -0.39 is 0 Å². The molecule has 5 heteroatoms. The molecule has 3 aromatic rings. The van der Waals surface area contributed by atoms with Gasteiger partial charge in [-0.05, 0) is 62.2 Å². The van der Waals surface area contributed by atoms with Crippen LogP contribution in [0.3, 0.4) is 0 Å². The fraction of sp³-hybridized carbons (Fsp3) is 0.286. The summed E-state index contributed by atoms with van der Waals surface area (Å²) in [5.41, 5.74) is 6.58. The summed E-state index contributed by atoms with van der Waals surface area (Å²) in [6.07, 6.45) is 7.18. The maximum Gasteiger partial charge on any atom is 0.146 e. The van der Waals surface area contributed by atoms with Crippen LogP contribution in [0, 0.1) is 6.92 Å². The number of aryl methyl sites for hydroxylation is 1. The van der Waals surface area contributed by atoms with Crippen molar-refractivity contribution in [3.63, 3.8) is 0 Å². The van der Waals surface area contributed by atoms with Crippen molar-refractivity contribution in [1.29, 1.82) is 0 Å². The van der Waals surface area contributed by atoms with Gasteiger partial charge in [-0.15, -0.1) is 0 Å². The van der Waals surface area contributed by atoms with Gasteiger partial charge in [0.1, 0.15) is 18.1 Å². The predicted molar refractivity (Wildman–Crippen MR) is 101 cm³/mol. The molecule has 0 amide bonds. The van der Waals surface area contributed by atoms with Crippen LogP contribution in [-0.4, -0.2) is 28.0 Å². The molecule has 26 heavy (non-hydrogen) atoms. The Morgan fingerprint density at radius 1 is 1.04 bits per heavy atom. The molecule has 0 unspecified atom stereocenters. The lowest BCUT2D eigenvalue weighted by atomic mass is 9.98. The van der Waals surface area contributed by atoms with Crippen LogP contribution in [0.1, 0.15) is 22.5 Å². The first kappa shape index (κ1) is 16.7. The zero-order valence-electron chi connectivity index (χ0n) is 14.9. The molecule has 0 aliphatic carbocycles. The van der Waals surface area contributed by atoms with E-state index in [-0.39, 0.29) is 0 Å². The summed E-state index contributed by atoms with van der Waals surface area (Å²) in [6.45, 7) is 4.44. The molecular formula is C21H22N4O. The van der Waals surface area contributed by atoms with Crippen molar-refractivity contribution in [2.45, 2.75) is 26.4 Å². The van der Waals surface area contributed by atoms with E-state index in [2.05, 4.69) is 33.5 Å². The topological polar surface area (TPSA) is 59.9 Å². The summed E-state index contributed by atoms with van der Waals surface area (Å²) in [6, 6.07) is 10.6. The van der Waals surface area contributed by atoms with Crippen molar-refractivity contribution in [1.82, 2.24) is 20.3 Å². The minimum atomic E-state index is 0.375. The van der Waals surface area contributed by atoms with Crippen LogP contribution in [0.25, 0.3) is 11.3 Å². The molecule has 2 aromatic heterocycles. The first-order valence-electron chi connectivity index (χ1n) is 8.98. The zero-order chi connectivity index (χ0) is 17.8. The van der Waals surface area contributed by atoms with Gasteiger partial charge < -0.3 is 10.1 Å². The monoisotopic (exact) mass is 346 g/mol. The second-order valence-corrected chi connectivity index (χ2v) is 6.52. The smallest absolute Gasteiger partial charge is 0.146 e. The molecule has 5 nitrogen and oxygen atoms in total. The van der Waals surface area contributed by atoms with E-state index in [1.165, 1.54) is 11.1 Å². The molecule has 0 bridgehead atoms. The highest BCUT2D eigenvalue weighted by Crippen LogP contribution is 2.31. The van der Waals surface area contributed by atoms with Crippen molar-refractivity contribution in [3.8, 4) is 17.0 Å². The van der Waals surface area contributed by atoms with E-state index in [0.717, 1.165) is 54.3 Å². The predicted octanol–water partition coefficient (Wildman–Crippen LogP) is 3.11. The number of hydrogen-bond donors (Lipinski definition) is 1. The Balaban J connectivity index is 1.65. The summed E-state index contributed by atoms with van der Waals surface area (Å²) in [7, 11) is 0. The van der Waals surface area contributed by atoms with Gasteiger partial charge in [-0.3, -0.25) is 9.97 Å². The fourth-order valence-corrected chi connectivity index (χ4v) is 3.24. The minimum Gasteiger partial charge on any atom is -0.485 e. The second kappa shape index (κ2) is 7.62. The standard InChI is InChI=1S/C21H22N4O/c1-15-2-5-20(26-14-19-13-23-10-11-24-19)21(25-15)18-4-3-16-6-8-22-9-7-17(16)12-18/h2-5,10-13,22H,6-9,14H2,1H3. The number of ether oxygens (including phenoxy) is 1. The Bertz CT molecular complexity index is 896. The van der Waals surface area contributed by atoms with Gasteiger partial charge in [-0.25, -0.2) is 4.98 Å². The van der Waals surface area contributed by atoms with Crippen LogP contribution in [0.4, 0.5) is 0 Å². The Morgan fingerprint density at radius 2 is 1.92 bits per heavy atom. The number of rotatable bonds is 4. The molecule has 1 aliphatic rings. The van der Waals surface area contributed by atoms with E-state index in [0.29, 0.717) is 6.61 Å². The fourth-order valence-electron chi connectivity index (χ4n) is 3.24. The van der Waals surface area contributed by atoms with Gasteiger partial charge in [0, 0.05) is 23.7 Å². The first-order valence-corrected chi connectivity index (χ1v) is 8.98. The summed E-state index contributed by atoms with van der Waals surface area (Å²) in [4.78, 5) is 13.1. The SMILES string of the molecule is Cc1ccc(OCc2cnccn2)c(-c2ccc3c(c2)CCNCC3)n1. The molecule has 0 radical (unpaired) electrons. The number of benzene rings is 1. The highest BCUT2D eigenvalue weighted by molar-refractivity contribution is 5.68. The molecule has 1 aliphatic heterocycles. The van der Waals surface area contributed by atoms with E-state index in [4.69, 9.17) is 9.72 Å².